The number of methoxy groups -OCH3 is 1. The first kappa shape index (κ1) is 14.0. The first-order valence-corrected chi connectivity index (χ1v) is 6.44. The van der Waals surface area contributed by atoms with Gasteiger partial charge in [0.1, 0.15) is 5.75 Å². The molecule has 1 heterocycles. The zero-order valence-corrected chi connectivity index (χ0v) is 11.5. The van der Waals surface area contributed by atoms with E-state index in [0.717, 1.165) is 17.7 Å². The number of hydrogen-bond acceptors (Lipinski definition) is 4. The molecule has 0 unspecified atom stereocenters. The van der Waals surface area contributed by atoms with Gasteiger partial charge in [-0.25, -0.2) is 9.48 Å². The fourth-order valence-corrected chi connectivity index (χ4v) is 2.06. The van der Waals surface area contributed by atoms with Gasteiger partial charge in [-0.2, -0.15) is 0 Å². The molecule has 0 saturated carbocycles. The summed E-state index contributed by atoms with van der Waals surface area (Å²) < 4.78 is 6.77. The van der Waals surface area contributed by atoms with E-state index in [0.29, 0.717) is 18.7 Å². The Morgan fingerprint density at radius 2 is 2.05 bits per heavy atom. The summed E-state index contributed by atoms with van der Waals surface area (Å²) in [5.74, 6) is -0.213. The number of carboxylic acid groups (broad SMARTS) is 1. The molecule has 0 amide bonds. The van der Waals surface area contributed by atoms with Gasteiger partial charge in [0.05, 0.1) is 12.8 Å². The van der Waals surface area contributed by atoms with Gasteiger partial charge in [0, 0.05) is 6.54 Å². The van der Waals surface area contributed by atoms with E-state index in [4.69, 9.17) is 9.84 Å². The second-order valence-corrected chi connectivity index (χ2v) is 4.36. The maximum Gasteiger partial charge on any atom is 0.358 e. The molecule has 6 heteroatoms. The van der Waals surface area contributed by atoms with Gasteiger partial charge in [-0.05, 0) is 30.5 Å². The Morgan fingerprint density at radius 1 is 1.35 bits per heavy atom. The van der Waals surface area contributed by atoms with Crippen molar-refractivity contribution in [2.45, 2.75) is 26.3 Å². The summed E-state index contributed by atoms with van der Waals surface area (Å²) in [5, 5.41) is 16.7. The molecule has 0 aliphatic heterocycles. The van der Waals surface area contributed by atoms with Crippen LogP contribution in [0.1, 0.15) is 28.7 Å². The average molecular weight is 275 g/mol. The van der Waals surface area contributed by atoms with E-state index >= 15 is 0 Å². The minimum atomic E-state index is -1.03. The zero-order chi connectivity index (χ0) is 14.5. The number of aromatic nitrogens is 3. The molecule has 0 saturated heterocycles. The summed E-state index contributed by atoms with van der Waals surface area (Å²) in [5.41, 5.74) is 1.84. The predicted octanol–water partition coefficient (Wildman–Crippen LogP) is 1.79. The molecule has 2 aromatic rings. The maximum absolute atomic E-state index is 11.0. The van der Waals surface area contributed by atoms with E-state index in [-0.39, 0.29) is 5.69 Å². The predicted molar refractivity (Wildman–Crippen MR) is 73.1 cm³/mol. The number of benzene rings is 1. The highest BCUT2D eigenvalue weighted by molar-refractivity contribution is 5.86. The summed E-state index contributed by atoms with van der Waals surface area (Å²) in [4.78, 5) is 11.0. The second-order valence-electron chi connectivity index (χ2n) is 4.36. The van der Waals surface area contributed by atoms with Gasteiger partial charge in [-0.1, -0.05) is 24.3 Å². The average Bonchev–Trinajstić information content (AvgIpc) is 2.88. The molecule has 20 heavy (non-hydrogen) atoms. The van der Waals surface area contributed by atoms with Crippen LogP contribution in [0.15, 0.2) is 24.3 Å². The molecular formula is C14H17N3O3. The fraction of sp³-hybridized carbons (Fsp3) is 0.357. The molecule has 1 aromatic carbocycles. The van der Waals surface area contributed by atoms with Crippen molar-refractivity contribution in [1.29, 1.82) is 0 Å². The third kappa shape index (κ3) is 2.96. The standard InChI is InChI=1S/C14H17N3O3/c1-3-12-13(14(18)19)15-16-17(12)9-8-10-4-6-11(20-2)7-5-10/h4-7H,3,8-9H2,1-2H3,(H,18,19). The molecule has 0 aliphatic carbocycles. The van der Waals surface area contributed by atoms with Crippen molar-refractivity contribution in [2.75, 3.05) is 7.11 Å². The van der Waals surface area contributed by atoms with Crippen LogP contribution in [0.2, 0.25) is 0 Å². The largest absolute Gasteiger partial charge is 0.497 e. The number of ether oxygens (including phenoxy) is 1. The molecular weight excluding hydrogens is 258 g/mol. The number of carboxylic acids is 1. The van der Waals surface area contributed by atoms with Gasteiger partial charge in [-0.3, -0.25) is 0 Å². The highest BCUT2D eigenvalue weighted by atomic mass is 16.5. The number of carbonyl (C=O) groups is 1. The molecule has 1 N–H and O–H groups in total. The second kappa shape index (κ2) is 6.18. The van der Waals surface area contributed by atoms with Crippen LogP contribution < -0.4 is 4.74 Å². The van der Waals surface area contributed by atoms with Gasteiger partial charge in [0.2, 0.25) is 0 Å². The van der Waals surface area contributed by atoms with Crippen LogP contribution in [0.5, 0.6) is 5.75 Å². The van der Waals surface area contributed by atoms with Crippen molar-refractivity contribution in [3.63, 3.8) is 0 Å². The van der Waals surface area contributed by atoms with Crippen molar-refractivity contribution >= 4 is 5.97 Å². The van der Waals surface area contributed by atoms with Crippen molar-refractivity contribution in [2.24, 2.45) is 0 Å². The van der Waals surface area contributed by atoms with Crippen LogP contribution in [-0.2, 0) is 19.4 Å². The first-order chi connectivity index (χ1) is 9.65. The summed E-state index contributed by atoms with van der Waals surface area (Å²) >= 11 is 0. The maximum atomic E-state index is 11.0. The zero-order valence-electron chi connectivity index (χ0n) is 11.5. The van der Waals surface area contributed by atoms with Gasteiger partial charge in [-0.15, -0.1) is 5.10 Å². The molecule has 2 rings (SSSR count). The minimum absolute atomic E-state index is 0.0437. The van der Waals surface area contributed by atoms with Gasteiger partial charge < -0.3 is 9.84 Å². The Kier molecular flexibility index (Phi) is 4.34. The highest BCUT2D eigenvalue weighted by Crippen LogP contribution is 2.13. The molecule has 1 aromatic heterocycles. The van der Waals surface area contributed by atoms with Crippen molar-refractivity contribution in [3.8, 4) is 5.75 Å². The molecule has 0 spiro atoms. The summed E-state index contributed by atoms with van der Waals surface area (Å²) in [6.07, 6.45) is 1.36. The lowest BCUT2D eigenvalue weighted by atomic mass is 10.1. The van der Waals surface area contributed by atoms with Crippen LogP contribution in [-0.4, -0.2) is 33.2 Å². The topological polar surface area (TPSA) is 77.2 Å². The lowest BCUT2D eigenvalue weighted by Gasteiger charge is -2.06. The molecule has 0 fully saturated rings. The van der Waals surface area contributed by atoms with E-state index < -0.39 is 5.97 Å². The first-order valence-electron chi connectivity index (χ1n) is 6.44. The van der Waals surface area contributed by atoms with Gasteiger partial charge >= 0.3 is 5.97 Å². The van der Waals surface area contributed by atoms with Gasteiger partial charge in [0.15, 0.2) is 5.69 Å². The number of nitrogens with zero attached hydrogens (tertiary/aromatic N) is 3. The molecule has 0 radical (unpaired) electrons. The van der Waals surface area contributed by atoms with E-state index in [1.165, 1.54) is 0 Å². The van der Waals surface area contributed by atoms with E-state index in [2.05, 4.69) is 10.3 Å². The monoisotopic (exact) mass is 275 g/mol. The summed E-state index contributed by atoms with van der Waals surface area (Å²) in [6.45, 7) is 2.50. The summed E-state index contributed by atoms with van der Waals surface area (Å²) in [7, 11) is 1.63. The third-order valence-corrected chi connectivity index (χ3v) is 3.15. The van der Waals surface area contributed by atoms with E-state index in [1.54, 1.807) is 11.8 Å². The number of aryl methyl sites for hydroxylation is 2. The lowest BCUT2D eigenvalue weighted by Crippen LogP contribution is -2.09. The lowest BCUT2D eigenvalue weighted by molar-refractivity contribution is 0.0689. The van der Waals surface area contributed by atoms with E-state index in [9.17, 15) is 4.79 Å². The number of aromatic carboxylic acids is 1. The normalized spacial score (nSPS) is 10.5. The quantitative estimate of drug-likeness (QED) is 0.869. The fourth-order valence-electron chi connectivity index (χ4n) is 2.06. The highest BCUT2D eigenvalue weighted by Gasteiger charge is 2.16. The molecule has 0 atom stereocenters. The van der Waals surface area contributed by atoms with Gasteiger partial charge in [0.25, 0.3) is 0 Å². The van der Waals surface area contributed by atoms with Crippen LogP contribution in [0.25, 0.3) is 0 Å². The Morgan fingerprint density at radius 3 is 2.60 bits per heavy atom. The Bertz CT molecular complexity index is 590. The Balaban J connectivity index is 2.08. The molecule has 6 nitrogen and oxygen atoms in total. The number of rotatable bonds is 6. The smallest absolute Gasteiger partial charge is 0.358 e. The van der Waals surface area contributed by atoms with Crippen LogP contribution in [0, 0.1) is 0 Å². The number of hydrogen-bond donors (Lipinski definition) is 1. The molecule has 0 aliphatic rings. The van der Waals surface area contributed by atoms with Crippen LogP contribution in [0.4, 0.5) is 0 Å². The molecule has 0 bridgehead atoms. The minimum Gasteiger partial charge on any atom is -0.497 e. The Labute approximate surface area is 117 Å². The summed E-state index contributed by atoms with van der Waals surface area (Å²) in [6, 6.07) is 7.78. The van der Waals surface area contributed by atoms with E-state index in [1.807, 2.05) is 31.2 Å². The SMILES string of the molecule is CCc1c(C(=O)O)nnn1CCc1ccc(OC)cc1. The van der Waals surface area contributed by atoms with Crippen molar-refractivity contribution < 1.29 is 14.6 Å². The van der Waals surface area contributed by atoms with Crippen LogP contribution in [0.3, 0.4) is 0 Å². The molecule has 106 valence electrons. The van der Waals surface area contributed by atoms with Crippen molar-refractivity contribution in [1.82, 2.24) is 15.0 Å². The van der Waals surface area contributed by atoms with Crippen LogP contribution >= 0.6 is 0 Å². The third-order valence-electron chi connectivity index (χ3n) is 3.15. The Hall–Kier alpha value is -2.37. The van der Waals surface area contributed by atoms with Crippen molar-refractivity contribution in [3.05, 3.63) is 41.2 Å².